The van der Waals surface area contributed by atoms with Crippen molar-refractivity contribution in [3.8, 4) is 11.3 Å². The van der Waals surface area contributed by atoms with Gasteiger partial charge in [0.05, 0.1) is 5.69 Å². The molecule has 1 N–H and O–H groups in total. The molecule has 2 heterocycles. The van der Waals surface area contributed by atoms with Crippen molar-refractivity contribution in [3.05, 3.63) is 40.6 Å². The highest BCUT2D eigenvalue weighted by molar-refractivity contribution is 7.96. The van der Waals surface area contributed by atoms with E-state index >= 15 is 0 Å². The second kappa shape index (κ2) is 6.64. The number of hydrogen-bond acceptors (Lipinski definition) is 5. The topological polar surface area (TPSA) is 41.1 Å². The van der Waals surface area contributed by atoms with Gasteiger partial charge in [-0.05, 0) is 48.1 Å². The lowest BCUT2D eigenvalue weighted by molar-refractivity contribution is -0.00593. The van der Waals surface area contributed by atoms with Crippen LogP contribution in [0.2, 0.25) is 0 Å². The zero-order valence-electron chi connectivity index (χ0n) is 17.1. The van der Waals surface area contributed by atoms with Crippen LogP contribution in [0.4, 0.5) is 14.7 Å². The fourth-order valence-corrected chi connectivity index (χ4v) is 5.37. The van der Waals surface area contributed by atoms with Crippen LogP contribution in [0.1, 0.15) is 61.5 Å². The number of nitrogens with zero attached hydrogens (tertiary/aromatic N) is 3. The van der Waals surface area contributed by atoms with Crippen LogP contribution >= 0.6 is 11.9 Å². The van der Waals surface area contributed by atoms with E-state index in [-0.39, 0.29) is 17.5 Å². The zero-order chi connectivity index (χ0) is 20.4. The number of halogens is 2. The van der Waals surface area contributed by atoms with Gasteiger partial charge in [0.1, 0.15) is 5.69 Å². The fraction of sp³-hybridized carbons (Fsp3) is 0.545. The van der Waals surface area contributed by atoms with E-state index in [1.165, 1.54) is 11.1 Å². The van der Waals surface area contributed by atoms with Crippen molar-refractivity contribution in [1.29, 1.82) is 0 Å². The molecular weight excluding hydrogens is 390 g/mol. The number of alkyl halides is 2. The number of rotatable bonds is 4. The Bertz CT molecular complexity index is 972. The number of benzene rings is 1. The summed E-state index contributed by atoms with van der Waals surface area (Å²) < 4.78 is 32.6. The van der Waals surface area contributed by atoms with Crippen molar-refractivity contribution in [2.24, 2.45) is 0 Å². The number of nitrogens with one attached hydrogen (secondary N) is 1. The number of aromatic nitrogens is 2. The fourth-order valence-electron chi connectivity index (χ4n) is 4.88. The molecule has 2 aliphatic carbocycles. The summed E-state index contributed by atoms with van der Waals surface area (Å²) in [5.41, 5.74) is 4.78. The minimum Gasteiger partial charge on any atom is -0.341 e. The number of anilines is 1. The average molecular weight is 417 g/mol. The first-order valence-corrected chi connectivity index (χ1v) is 11.5. The van der Waals surface area contributed by atoms with Crippen molar-refractivity contribution in [3.63, 3.8) is 0 Å². The standard InChI is InChI=1S/C22H26F2N4S/c1-21(2)12-17(27-29-3)14-6-5-13(11-16(14)21)18-15-7-8-22(23,24)19(15)26-20(25-18)28-9-4-10-28/h5-6,11,17,27H,4,7-10,12H2,1-3H3. The van der Waals surface area contributed by atoms with Gasteiger partial charge in [0, 0.05) is 36.7 Å². The smallest absolute Gasteiger partial charge is 0.290 e. The van der Waals surface area contributed by atoms with E-state index in [1.54, 1.807) is 11.9 Å². The van der Waals surface area contributed by atoms with E-state index in [0.29, 0.717) is 29.7 Å². The molecule has 0 radical (unpaired) electrons. The first-order chi connectivity index (χ1) is 13.8. The summed E-state index contributed by atoms with van der Waals surface area (Å²) in [5, 5.41) is 0. The van der Waals surface area contributed by atoms with Crippen LogP contribution in [0.25, 0.3) is 11.3 Å². The minimum absolute atomic E-state index is 0.0270. The van der Waals surface area contributed by atoms with Crippen LogP contribution in [0.3, 0.4) is 0 Å². The molecule has 0 spiro atoms. The Labute approximate surface area is 174 Å². The molecule has 1 saturated heterocycles. The van der Waals surface area contributed by atoms with Gasteiger partial charge >= 0.3 is 0 Å². The lowest BCUT2D eigenvalue weighted by Gasteiger charge is -2.31. The van der Waals surface area contributed by atoms with E-state index in [1.807, 2.05) is 17.2 Å². The third-order valence-corrected chi connectivity index (χ3v) is 7.10. The predicted molar refractivity (Wildman–Crippen MR) is 114 cm³/mol. The molecule has 0 saturated carbocycles. The maximum Gasteiger partial charge on any atom is 0.290 e. The molecule has 7 heteroatoms. The predicted octanol–water partition coefficient (Wildman–Crippen LogP) is 4.98. The molecule has 1 aromatic carbocycles. The van der Waals surface area contributed by atoms with Crippen molar-refractivity contribution < 1.29 is 8.78 Å². The monoisotopic (exact) mass is 416 g/mol. The van der Waals surface area contributed by atoms with Gasteiger partial charge < -0.3 is 4.90 Å². The Morgan fingerprint density at radius 1 is 1.21 bits per heavy atom. The molecule has 1 unspecified atom stereocenters. The maximum atomic E-state index is 14.6. The van der Waals surface area contributed by atoms with Crippen molar-refractivity contribution >= 4 is 17.9 Å². The molecule has 0 amide bonds. The molecule has 4 nitrogen and oxygen atoms in total. The van der Waals surface area contributed by atoms with E-state index in [4.69, 9.17) is 4.98 Å². The van der Waals surface area contributed by atoms with Gasteiger partial charge in [-0.2, -0.15) is 8.78 Å². The van der Waals surface area contributed by atoms with Gasteiger partial charge in [-0.25, -0.2) is 9.97 Å². The number of fused-ring (bicyclic) bond motifs is 2. The highest BCUT2D eigenvalue weighted by Gasteiger charge is 2.44. The van der Waals surface area contributed by atoms with Crippen molar-refractivity contribution in [1.82, 2.24) is 14.7 Å². The molecule has 1 fully saturated rings. The van der Waals surface area contributed by atoms with Crippen LogP contribution in [-0.2, 0) is 17.8 Å². The van der Waals surface area contributed by atoms with Crippen LogP contribution in [0.15, 0.2) is 18.2 Å². The van der Waals surface area contributed by atoms with Crippen LogP contribution in [-0.4, -0.2) is 29.3 Å². The summed E-state index contributed by atoms with van der Waals surface area (Å²) in [7, 11) is 0. The SMILES string of the molecule is CSNC1CC(C)(C)c2cc(-c3nc(N4CCC4)nc4c3CCC4(F)F)ccc21. The largest absolute Gasteiger partial charge is 0.341 e. The molecule has 154 valence electrons. The van der Waals surface area contributed by atoms with E-state index in [0.717, 1.165) is 31.5 Å². The lowest BCUT2D eigenvalue weighted by Crippen LogP contribution is -2.38. The molecule has 0 bridgehead atoms. The highest BCUT2D eigenvalue weighted by atomic mass is 32.2. The van der Waals surface area contributed by atoms with Gasteiger partial charge in [0.25, 0.3) is 5.92 Å². The van der Waals surface area contributed by atoms with Gasteiger partial charge in [-0.1, -0.05) is 37.9 Å². The second-order valence-corrected chi connectivity index (χ2v) is 9.65. The summed E-state index contributed by atoms with van der Waals surface area (Å²) in [4.78, 5) is 11.1. The highest BCUT2D eigenvalue weighted by Crippen LogP contribution is 2.48. The Morgan fingerprint density at radius 3 is 2.69 bits per heavy atom. The maximum absolute atomic E-state index is 14.6. The van der Waals surface area contributed by atoms with Crippen molar-refractivity contribution in [2.45, 2.75) is 56.9 Å². The summed E-state index contributed by atoms with van der Waals surface area (Å²) >= 11 is 1.63. The Morgan fingerprint density at radius 2 is 2.00 bits per heavy atom. The quantitative estimate of drug-likeness (QED) is 0.712. The van der Waals surface area contributed by atoms with Crippen LogP contribution < -0.4 is 9.62 Å². The number of hydrogen-bond donors (Lipinski definition) is 1. The summed E-state index contributed by atoms with van der Waals surface area (Å²) in [6.07, 6.45) is 4.27. The zero-order valence-corrected chi connectivity index (χ0v) is 17.9. The van der Waals surface area contributed by atoms with Crippen molar-refractivity contribution in [2.75, 3.05) is 24.2 Å². The van der Waals surface area contributed by atoms with Gasteiger partial charge in [-0.15, -0.1) is 0 Å². The first-order valence-electron chi connectivity index (χ1n) is 10.3. The lowest BCUT2D eigenvalue weighted by atomic mass is 9.85. The molecule has 3 aliphatic rings. The Balaban J connectivity index is 1.64. The van der Waals surface area contributed by atoms with E-state index in [2.05, 4.69) is 35.7 Å². The normalized spacial score (nSPS) is 23.6. The van der Waals surface area contributed by atoms with Gasteiger partial charge in [-0.3, -0.25) is 4.72 Å². The minimum atomic E-state index is -2.87. The third kappa shape index (κ3) is 3.05. The molecule has 5 rings (SSSR count). The Hall–Kier alpha value is -1.73. The molecular formula is C22H26F2N4S. The molecule has 1 atom stereocenters. The second-order valence-electron chi connectivity index (χ2n) is 9.01. The van der Waals surface area contributed by atoms with Crippen LogP contribution in [0, 0.1) is 0 Å². The van der Waals surface area contributed by atoms with Gasteiger partial charge in [0.15, 0.2) is 0 Å². The van der Waals surface area contributed by atoms with E-state index in [9.17, 15) is 8.78 Å². The molecule has 1 aromatic heterocycles. The van der Waals surface area contributed by atoms with Gasteiger partial charge in [0.2, 0.25) is 5.95 Å². The molecule has 29 heavy (non-hydrogen) atoms. The van der Waals surface area contributed by atoms with Crippen LogP contribution in [0.5, 0.6) is 0 Å². The summed E-state index contributed by atoms with van der Waals surface area (Å²) in [5.74, 6) is -2.41. The third-order valence-electron chi connectivity index (χ3n) is 6.58. The molecule has 2 aromatic rings. The van der Waals surface area contributed by atoms with E-state index < -0.39 is 5.92 Å². The summed E-state index contributed by atoms with van der Waals surface area (Å²) in [6, 6.07) is 6.68. The summed E-state index contributed by atoms with van der Waals surface area (Å²) in [6.45, 7) is 6.18. The first kappa shape index (κ1) is 19.2. The Kier molecular flexibility index (Phi) is 4.41. The molecule has 1 aliphatic heterocycles. The average Bonchev–Trinajstić information content (AvgIpc) is 3.07.